The Labute approximate surface area is 124 Å². The number of nitro groups is 1. The standard InChI is InChI=1S/C14H23N5O2/c1-3-15-13-12(19(20)21)14(17-10-16-13)18(4-2)11-8-6-5-7-9-11/h10-11H,3-9H2,1-2H3,(H,15,16,17). The Kier molecular flexibility index (Phi) is 5.30. The van der Waals surface area contributed by atoms with Crippen molar-refractivity contribution in [2.24, 2.45) is 0 Å². The summed E-state index contributed by atoms with van der Waals surface area (Å²) in [6.07, 6.45) is 7.17. The predicted octanol–water partition coefficient (Wildman–Crippen LogP) is 2.98. The predicted molar refractivity (Wildman–Crippen MR) is 82.7 cm³/mol. The molecule has 0 saturated heterocycles. The molecule has 7 heteroatoms. The summed E-state index contributed by atoms with van der Waals surface area (Å²) in [5, 5.41) is 14.4. The van der Waals surface area contributed by atoms with Gasteiger partial charge in [-0.15, -0.1) is 0 Å². The van der Waals surface area contributed by atoms with E-state index in [1.165, 1.54) is 25.6 Å². The molecule has 0 atom stereocenters. The quantitative estimate of drug-likeness (QED) is 0.641. The van der Waals surface area contributed by atoms with Crippen molar-refractivity contribution < 1.29 is 4.92 Å². The van der Waals surface area contributed by atoms with Crippen LogP contribution in [0.5, 0.6) is 0 Å². The van der Waals surface area contributed by atoms with Crippen LogP contribution in [-0.2, 0) is 0 Å². The van der Waals surface area contributed by atoms with Crippen LogP contribution in [0.1, 0.15) is 46.0 Å². The molecule has 0 aliphatic heterocycles. The second-order valence-electron chi connectivity index (χ2n) is 5.26. The third-order valence-corrected chi connectivity index (χ3v) is 3.96. The molecule has 1 aliphatic carbocycles. The molecular weight excluding hydrogens is 270 g/mol. The van der Waals surface area contributed by atoms with Crippen LogP contribution in [0.4, 0.5) is 17.3 Å². The summed E-state index contributed by atoms with van der Waals surface area (Å²) in [7, 11) is 0. The van der Waals surface area contributed by atoms with Gasteiger partial charge in [0.25, 0.3) is 0 Å². The van der Waals surface area contributed by atoms with Gasteiger partial charge < -0.3 is 10.2 Å². The number of nitrogens with one attached hydrogen (secondary N) is 1. The van der Waals surface area contributed by atoms with Crippen LogP contribution < -0.4 is 10.2 Å². The minimum absolute atomic E-state index is 0.00762. The minimum Gasteiger partial charge on any atom is -0.364 e. The molecule has 1 heterocycles. The van der Waals surface area contributed by atoms with Crippen LogP contribution in [-0.4, -0.2) is 34.0 Å². The monoisotopic (exact) mass is 293 g/mol. The highest BCUT2D eigenvalue weighted by atomic mass is 16.6. The molecule has 0 spiro atoms. The lowest BCUT2D eigenvalue weighted by Gasteiger charge is -2.34. The molecule has 21 heavy (non-hydrogen) atoms. The SMILES string of the molecule is CCNc1ncnc(N(CC)C2CCCCC2)c1[N+](=O)[O-]. The van der Waals surface area contributed by atoms with E-state index in [4.69, 9.17) is 0 Å². The van der Waals surface area contributed by atoms with Crippen LogP contribution in [0, 0.1) is 10.1 Å². The van der Waals surface area contributed by atoms with Gasteiger partial charge in [-0.2, -0.15) is 0 Å². The van der Waals surface area contributed by atoms with E-state index in [1.54, 1.807) is 0 Å². The summed E-state index contributed by atoms with van der Waals surface area (Å²) in [4.78, 5) is 21.4. The summed E-state index contributed by atoms with van der Waals surface area (Å²) in [5.74, 6) is 0.752. The lowest BCUT2D eigenvalue weighted by molar-refractivity contribution is -0.383. The van der Waals surface area contributed by atoms with Crippen molar-refractivity contribution in [1.29, 1.82) is 0 Å². The van der Waals surface area contributed by atoms with Gasteiger partial charge in [-0.3, -0.25) is 10.1 Å². The summed E-state index contributed by atoms with van der Waals surface area (Å²) < 4.78 is 0. The van der Waals surface area contributed by atoms with E-state index in [2.05, 4.69) is 20.2 Å². The Morgan fingerprint density at radius 3 is 2.62 bits per heavy atom. The first-order valence-corrected chi connectivity index (χ1v) is 7.68. The number of hydrogen-bond donors (Lipinski definition) is 1. The molecule has 1 aromatic rings. The molecule has 7 nitrogen and oxygen atoms in total. The second kappa shape index (κ2) is 7.19. The Morgan fingerprint density at radius 1 is 1.33 bits per heavy atom. The highest BCUT2D eigenvalue weighted by molar-refractivity contribution is 5.70. The van der Waals surface area contributed by atoms with Crippen LogP contribution in [0.15, 0.2) is 6.33 Å². The molecule has 1 aromatic heterocycles. The maximum Gasteiger partial charge on any atom is 0.353 e. The maximum absolute atomic E-state index is 11.5. The third kappa shape index (κ3) is 3.40. The van der Waals surface area contributed by atoms with Crippen molar-refractivity contribution >= 4 is 17.3 Å². The average molecular weight is 293 g/mol. The Bertz CT molecular complexity index is 488. The fourth-order valence-corrected chi connectivity index (χ4v) is 3.02. The Balaban J connectivity index is 2.39. The van der Waals surface area contributed by atoms with Gasteiger partial charge in [-0.25, -0.2) is 9.97 Å². The van der Waals surface area contributed by atoms with Gasteiger partial charge in [0.05, 0.1) is 4.92 Å². The van der Waals surface area contributed by atoms with Crippen molar-refractivity contribution in [2.75, 3.05) is 23.3 Å². The summed E-state index contributed by atoms with van der Waals surface area (Å²) in [5.41, 5.74) is -0.00762. The normalized spacial score (nSPS) is 15.7. The number of nitrogens with zero attached hydrogens (tertiary/aromatic N) is 4. The summed E-state index contributed by atoms with van der Waals surface area (Å²) in [6, 6.07) is 0.340. The van der Waals surface area contributed by atoms with Crippen molar-refractivity contribution in [1.82, 2.24) is 9.97 Å². The fourth-order valence-electron chi connectivity index (χ4n) is 3.02. The first kappa shape index (κ1) is 15.5. The zero-order valence-corrected chi connectivity index (χ0v) is 12.7. The largest absolute Gasteiger partial charge is 0.364 e. The van der Waals surface area contributed by atoms with Gasteiger partial charge in [0.2, 0.25) is 11.6 Å². The van der Waals surface area contributed by atoms with Gasteiger partial charge in [-0.05, 0) is 26.7 Å². The molecule has 0 amide bonds. The molecule has 0 bridgehead atoms. The van der Waals surface area contributed by atoms with Crippen molar-refractivity contribution in [3.63, 3.8) is 0 Å². The van der Waals surface area contributed by atoms with E-state index >= 15 is 0 Å². The molecule has 1 saturated carbocycles. The lowest BCUT2D eigenvalue weighted by Crippen LogP contribution is -2.37. The fraction of sp³-hybridized carbons (Fsp3) is 0.714. The first-order chi connectivity index (χ1) is 10.2. The number of hydrogen-bond acceptors (Lipinski definition) is 6. The van der Waals surface area contributed by atoms with Gasteiger partial charge >= 0.3 is 5.69 Å². The number of rotatable bonds is 6. The van der Waals surface area contributed by atoms with Gasteiger partial charge in [0, 0.05) is 19.1 Å². The summed E-state index contributed by atoms with van der Waals surface area (Å²) >= 11 is 0. The zero-order chi connectivity index (χ0) is 15.2. The van der Waals surface area contributed by atoms with E-state index < -0.39 is 0 Å². The zero-order valence-electron chi connectivity index (χ0n) is 12.7. The van der Waals surface area contributed by atoms with E-state index in [-0.39, 0.29) is 10.6 Å². The molecule has 1 fully saturated rings. The van der Waals surface area contributed by atoms with Crippen molar-refractivity contribution in [3.05, 3.63) is 16.4 Å². The van der Waals surface area contributed by atoms with Crippen LogP contribution in [0.25, 0.3) is 0 Å². The highest BCUT2D eigenvalue weighted by Gasteiger charge is 2.30. The lowest BCUT2D eigenvalue weighted by atomic mass is 9.94. The van der Waals surface area contributed by atoms with Gasteiger partial charge in [0.1, 0.15) is 6.33 Å². The van der Waals surface area contributed by atoms with E-state index in [0.717, 1.165) is 12.8 Å². The number of aromatic nitrogens is 2. The minimum atomic E-state index is -0.376. The van der Waals surface area contributed by atoms with Crippen molar-refractivity contribution in [3.8, 4) is 0 Å². The maximum atomic E-state index is 11.5. The third-order valence-electron chi connectivity index (χ3n) is 3.96. The van der Waals surface area contributed by atoms with E-state index in [0.29, 0.717) is 30.8 Å². The highest BCUT2D eigenvalue weighted by Crippen LogP contribution is 2.35. The summed E-state index contributed by atoms with van der Waals surface area (Å²) in [6.45, 7) is 5.22. The average Bonchev–Trinajstić information content (AvgIpc) is 2.49. The Hall–Kier alpha value is -1.92. The van der Waals surface area contributed by atoms with E-state index in [9.17, 15) is 10.1 Å². The van der Waals surface area contributed by atoms with Crippen molar-refractivity contribution in [2.45, 2.75) is 52.0 Å². The molecule has 2 rings (SSSR count). The number of anilines is 2. The Morgan fingerprint density at radius 2 is 2.05 bits per heavy atom. The topological polar surface area (TPSA) is 84.2 Å². The molecular formula is C14H23N5O2. The molecule has 0 unspecified atom stereocenters. The first-order valence-electron chi connectivity index (χ1n) is 7.68. The van der Waals surface area contributed by atoms with Gasteiger partial charge in [-0.1, -0.05) is 19.3 Å². The van der Waals surface area contributed by atoms with Crippen LogP contribution >= 0.6 is 0 Å². The second-order valence-corrected chi connectivity index (χ2v) is 5.26. The van der Waals surface area contributed by atoms with Crippen LogP contribution in [0.2, 0.25) is 0 Å². The molecule has 0 aromatic carbocycles. The van der Waals surface area contributed by atoms with E-state index in [1.807, 2.05) is 13.8 Å². The smallest absolute Gasteiger partial charge is 0.353 e. The molecule has 1 aliphatic rings. The molecule has 116 valence electrons. The van der Waals surface area contributed by atoms with Gasteiger partial charge in [0.15, 0.2) is 0 Å². The molecule has 0 radical (unpaired) electrons. The van der Waals surface area contributed by atoms with Crippen LogP contribution in [0.3, 0.4) is 0 Å². The molecule has 1 N–H and O–H groups in total.